The van der Waals surface area contributed by atoms with E-state index in [1.807, 2.05) is 0 Å². The van der Waals surface area contributed by atoms with Gasteiger partial charge in [-0.25, -0.2) is 4.98 Å². The molecule has 15 heavy (non-hydrogen) atoms. The zero-order valence-corrected chi connectivity index (χ0v) is 7.65. The zero-order valence-electron chi connectivity index (χ0n) is 7.65. The average molecular weight is 210 g/mol. The first kappa shape index (κ1) is 9.64. The molecule has 2 N–H and O–H groups in total. The molecule has 0 saturated carbocycles. The van der Waals surface area contributed by atoms with Gasteiger partial charge in [-0.3, -0.25) is 0 Å². The van der Waals surface area contributed by atoms with Crippen LogP contribution in [0.15, 0.2) is 30.5 Å². The second kappa shape index (κ2) is 3.68. The van der Waals surface area contributed by atoms with E-state index in [2.05, 4.69) is 9.72 Å². The molecule has 5 heteroatoms. The molecule has 1 aromatic carbocycles. The minimum Gasteiger partial charge on any atom is -0.416 e. The Kier molecular flexibility index (Phi) is 2.37. The van der Waals surface area contributed by atoms with Crippen LogP contribution in [0.25, 0.3) is 10.8 Å². The molecule has 0 aliphatic rings. The summed E-state index contributed by atoms with van der Waals surface area (Å²) in [5.74, 6) is -0.102. The Morgan fingerprint density at radius 1 is 1.20 bits per heavy atom. The molecule has 1 aromatic heterocycles. The number of rotatable bonds is 2. The molecule has 2 rings (SSSR count). The fourth-order valence-corrected chi connectivity index (χ4v) is 1.37. The number of ether oxygens (including phenoxy) is 1. The van der Waals surface area contributed by atoms with Gasteiger partial charge in [-0.1, -0.05) is 18.2 Å². The van der Waals surface area contributed by atoms with Crippen LogP contribution >= 0.6 is 0 Å². The first-order valence-corrected chi connectivity index (χ1v) is 4.26. The molecule has 0 unspecified atom stereocenters. The van der Waals surface area contributed by atoms with Crippen LogP contribution in [0.1, 0.15) is 0 Å². The van der Waals surface area contributed by atoms with Gasteiger partial charge in [-0.05, 0) is 6.07 Å². The number of fused-ring (bicyclic) bond motifs is 1. The Labute approximate surface area is 84.5 Å². The zero-order chi connectivity index (χ0) is 10.8. The number of alkyl halides is 2. The van der Waals surface area contributed by atoms with Crippen molar-refractivity contribution in [2.75, 3.05) is 5.73 Å². The second-order valence-corrected chi connectivity index (χ2v) is 2.94. The van der Waals surface area contributed by atoms with Crippen LogP contribution in [-0.2, 0) is 0 Å². The van der Waals surface area contributed by atoms with Crippen molar-refractivity contribution in [3.63, 3.8) is 0 Å². The van der Waals surface area contributed by atoms with Gasteiger partial charge in [0.1, 0.15) is 0 Å². The lowest BCUT2D eigenvalue weighted by molar-refractivity contribution is -0.0517. The largest absolute Gasteiger partial charge is 0.416 e. The van der Waals surface area contributed by atoms with Crippen molar-refractivity contribution in [2.45, 2.75) is 6.61 Å². The van der Waals surface area contributed by atoms with Crippen LogP contribution in [0, 0.1) is 0 Å². The summed E-state index contributed by atoms with van der Waals surface area (Å²) >= 11 is 0. The molecule has 0 amide bonds. The predicted molar refractivity (Wildman–Crippen MR) is 52.8 cm³/mol. The van der Waals surface area contributed by atoms with E-state index >= 15 is 0 Å². The van der Waals surface area contributed by atoms with E-state index in [4.69, 9.17) is 5.73 Å². The number of nitrogens with zero attached hydrogens (tertiary/aromatic N) is 1. The monoisotopic (exact) mass is 210 g/mol. The Bertz CT molecular complexity index is 488. The summed E-state index contributed by atoms with van der Waals surface area (Å²) in [6.45, 7) is -2.88. The van der Waals surface area contributed by atoms with E-state index in [1.54, 1.807) is 24.3 Å². The maximum absolute atomic E-state index is 12.1. The van der Waals surface area contributed by atoms with E-state index in [0.29, 0.717) is 16.5 Å². The quantitative estimate of drug-likeness (QED) is 0.827. The second-order valence-electron chi connectivity index (χ2n) is 2.94. The summed E-state index contributed by atoms with van der Waals surface area (Å²) in [6.07, 6.45) is 1.31. The Balaban J connectivity index is 2.61. The van der Waals surface area contributed by atoms with Crippen LogP contribution in [0.2, 0.25) is 0 Å². The number of hydrogen-bond acceptors (Lipinski definition) is 3. The third kappa shape index (κ3) is 1.81. The van der Waals surface area contributed by atoms with Gasteiger partial charge in [0.25, 0.3) is 0 Å². The molecule has 0 atom stereocenters. The van der Waals surface area contributed by atoms with Gasteiger partial charge >= 0.3 is 6.61 Å². The molecule has 1 heterocycles. The van der Waals surface area contributed by atoms with Crippen LogP contribution in [0.5, 0.6) is 5.88 Å². The minimum atomic E-state index is -2.88. The number of anilines is 1. The van der Waals surface area contributed by atoms with Crippen molar-refractivity contribution >= 4 is 16.5 Å². The van der Waals surface area contributed by atoms with Crippen LogP contribution in [0.3, 0.4) is 0 Å². The minimum absolute atomic E-state index is 0.102. The Morgan fingerprint density at radius 2 is 1.87 bits per heavy atom. The first-order chi connectivity index (χ1) is 7.18. The predicted octanol–water partition coefficient (Wildman–Crippen LogP) is 2.42. The van der Waals surface area contributed by atoms with Crippen LogP contribution in [-0.4, -0.2) is 11.6 Å². The van der Waals surface area contributed by atoms with Gasteiger partial charge in [0.2, 0.25) is 5.88 Å². The van der Waals surface area contributed by atoms with Gasteiger partial charge in [0, 0.05) is 10.8 Å². The molecule has 0 spiro atoms. The average Bonchev–Trinajstić information content (AvgIpc) is 2.22. The normalized spacial score (nSPS) is 10.9. The number of benzene rings is 1. The lowest BCUT2D eigenvalue weighted by Gasteiger charge is -2.08. The van der Waals surface area contributed by atoms with Crippen molar-refractivity contribution in [2.24, 2.45) is 0 Å². The standard InChI is InChI=1S/C10H8F2N2O/c11-10(12)15-9-7-4-2-1-3-6(7)8(13)5-14-9/h1-5,10H,13H2. The van der Waals surface area contributed by atoms with Gasteiger partial charge < -0.3 is 10.5 Å². The van der Waals surface area contributed by atoms with Crippen molar-refractivity contribution in [1.82, 2.24) is 4.98 Å². The fraction of sp³-hybridized carbons (Fsp3) is 0.100. The summed E-state index contributed by atoms with van der Waals surface area (Å²) in [6, 6.07) is 6.84. The van der Waals surface area contributed by atoms with Gasteiger partial charge in [0.05, 0.1) is 11.9 Å². The lowest BCUT2D eigenvalue weighted by Crippen LogP contribution is -2.04. The molecule has 0 bridgehead atoms. The van der Waals surface area contributed by atoms with Gasteiger partial charge in [-0.15, -0.1) is 0 Å². The summed E-state index contributed by atoms with van der Waals surface area (Å²) in [4.78, 5) is 3.72. The van der Waals surface area contributed by atoms with Gasteiger partial charge in [0.15, 0.2) is 0 Å². The number of nitrogen functional groups attached to an aromatic ring is 1. The summed E-state index contributed by atoms with van der Waals surface area (Å²) in [5.41, 5.74) is 6.09. The van der Waals surface area contributed by atoms with Crippen LogP contribution in [0.4, 0.5) is 14.5 Å². The highest BCUT2D eigenvalue weighted by Gasteiger charge is 2.10. The Morgan fingerprint density at radius 3 is 2.53 bits per heavy atom. The highest BCUT2D eigenvalue weighted by Crippen LogP contribution is 2.28. The highest BCUT2D eigenvalue weighted by molar-refractivity contribution is 5.95. The van der Waals surface area contributed by atoms with Crippen molar-refractivity contribution in [3.05, 3.63) is 30.5 Å². The molecular weight excluding hydrogens is 202 g/mol. The molecule has 3 nitrogen and oxygen atoms in total. The third-order valence-corrected chi connectivity index (χ3v) is 1.99. The molecule has 0 radical (unpaired) electrons. The topological polar surface area (TPSA) is 48.1 Å². The summed E-state index contributed by atoms with van der Waals surface area (Å²) < 4.78 is 28.4. The molecule has 0 aliphatic heterocycles. The maximum atomic E-state index is 12.1. The first-order valence-electron chi connectivity index (χ1n) is 4.26. The molecule has 0 saturated heterocycles. The third-order valence-electron chi connectivity index (χ3n) is 1.99. The molecular formula is C10H8F2N2O. The summed E-state index contributed by atoms with van der Waals surface area (Å²) in [5, 5.41) is 1.14. The molecule has 0 fully saturated rings. The molecule has 2 aromatic rings. The number of halogens is 2. The SMILES string of the molecule is Nc1cnc(OC(F)F)c2ccccc12. The maximum Gasteiger partial charge on any atom is 0.388 e. The van der Waals surface area contributed by atoms with Crippen molar-refractivity contribution in [3.8, 4) is 5.88 Å². The van der Waals surface area contributed by atoms with E-state index < -0.39 is 6.61 Å². The number of pyridine rings is 1. The van der Waals surface area contributed by atoms with E-state index in [0.717, 1.165) is 0 Å². The number of aromatic nitrogens is 1. The molecule has 78 valence electrons. The van der Waals surface area contributed by atoms with Crippen molar-refractivity contribution < 1.29 is 13.5 Å². The Hall–Kier alpha value is -1.91. The smallest absolute Gasteiger partial charge is 0.388 e. The summed E-state index contributed by atoms with van der Waals surface area (Å²) in [7, 11) is 0. The van der Waals surface area contributed by atoms with E-state index in [1.165, 1.54) is 6.20 Å². The fourth-order valence-electron chi connectivity index (χ4n) is 1.37. The van der Waals surface area contributed by atoms with Crippen molar-refractivity contribution in [1.29, 1.82) is 0 Å². The number of hydrogen-bond donors (Lipinski definition) is 1. The number of nitrogens with two attached hydrogens (primary N) is 1. The lowest BCUT2D eigenvalue weighted by atomic mass is 10.1. The van der Waals surface area contributed by atoms with Crippen LogP contribution < -0.4 is 10.5 Å². The molecule has 0 aliphatic carbocycles. The van der Waals surface area contributed by atoms with E-state index in [-0.39, 0.29) is 5.88 Å². The highest BCUT2D eigenvalue weighted by atomic mass is 19.3. The van der Waals surface area contributed by atoms with Gasteiger partial charge in [-0.2, -0.15) is 8.78 Å². The van der Waals surface area contributed by atoms with E-state index in [9.17, 15) is 8.78 Å².